The fourth-order valence-electron chi connectivity index (χ4n) is 3.20. The van der Waals surface area contributed by atoms with Gasteiger partial charge in [-0.1, -0.05) is 18.2 Å². The molecule has 0 atom stereocenters. The molecule has 8 nitrogen and oxygen atoms in total. The van der Waals surface area contributed by atoms with Gasteiger partial charge in [0.1, 0.15) is 12.3 Å². The van der Waals surface area contributed by atoms with E-state index in [0.717, 1.165) is 33.1 Å². The lowest BCUT2D eigenvalue weighted by atomic mass is 10.1. The molecule has 1 aromatic carbocycles. The van der Waals surface area contributed by atoms with E-state index < -0.39 is 17.1 Å². The van der Waals surface area contributed by atoms with Crippen molar-refractivity contribution < 1.29 is 23.5 Å². The standard InChI is InChI=1S/C21H15N3O5S/c1-28-20(26)17-7-6-14(29-17)12-24-19(25)18(30-21(24)27)10-13-11-23(9-8-22)16-5-3-2-4-15(13)16/h2-7,10-11H,9,12H2,1H3. The molecule has 150 valence electrons. The van der Waals surface area contributed by atoms with Crippen molar-refractivity contribution in [1.82, 2.24) is 9.47 Å². The molecular weight excluding hydrogens is 406 g/mol. The van der Waals surface area contributed by atoms with Crippen molar-refractivity contribution >= 4 is 45.9 Å². The van der Waals surface area contributed by atoms with Crippen LogP contribution >= 0.6 is 11.8 Å². The number of imide groups is 1. The second-order valence-corrected chi connectivity index (χ2v) is 7.41. The normalized spacial score (nSPS) is 15.2. The Morgan fingerprint density at radius 2 is 2.07 bits per heavy atom. The van der Waals surface area contributed by atoms with E-state index in [1.807, 2.05) is 24.3 Å². The minimum absolute atomic E-state index is 0.000293. The van der Waals surface area contributed by atoms with Gasteiger partial charge < -0.3 is 13.7 Å². The van der Waals surface area contributed by atoms with Crippen LogP contribution in [0.25, 0.3) is 17.0 Å². The molecule has 1 saturated heterocycles. The molecule has 0 unspecified atom stereocenters. The summed E-state index contributed by atoms with van der Waals surface area (Å²) in [6.07, 6.45) is 3.44. The van der Waals surface area contributed by atoms with Crippen molar-refractivity contribution in [1.29, 1.82) is 5.26 Å². The Bertz CT molecular complexity index is 1250. The Balaban J connectivity index is 1.61. The Hall–Kier alpha value is -3.77. The Morgan fingerprint density at radius 1 is 1.27 bits per heavy atom. The number of nitriles is 1. The third-order valence-electron chi connectivity index (χ3n) is 4.58. The van der Waals surface area contributed by atoms with Crippen LogP contribution in [0.1, 0.15) is 21.9 Å². The summed E-state index contributed by atoms with van der Waals surface area (Å²) in [7, 11) is 1.24. The quantitative estimate of drug-likeness (QED) is 0.456. The van der Waals surface area contributed by atoms with Crippen molar-refractivity contribution in [3.63, 3.8) is 0 Å². The molecule has 9 heteroatoms. The number of methoxy groups -OCH3 is 1. The SMILES string of the molecule is COC(=O)c1ccc(CN2C(=O)SC(=Cc3cn(CC#N)c4ccccc34)C2=O)o1. The van der Waals surface area contributed by atoms with Gasteiger partial charge in [0.05, 0.1) is 24.6 Å². The van der Waals surface area contributed by atoms with Crippen LogP contribution in [-0.4, -0.2) is 33.7 Å². The average molecular weight is 421 g/mol. The van der Waals surface area contributed by atoms with E-state index in [1.165, 1.54) is 19.2 Å². The number of hydrogen-bond donors (Lipinski definition) is 0. The molecule has 2 aromatic heterocycles. The average Bonchev–Trinajstić information content (AvgIpc) is 3.42. The second kappa shape index (κ2) is 7.93. The zero-order valence-electron chi connectivity index (χ0n) is 15.8. The number of carbonyl (C=O) groups excluding carboxylic acids is 3. The van der Waals surface area contributed by atoms with Crippen molar-refractivity contribution in [2.75, 3.05) is 7.11 Å². The minimum Gasteiger partial charge on any atom is -0.463 e. The predicted octanol–water partition coefficient (Wildman–Crippen LogP) is 3.78. The number of nitrogens with zero attached hydrogens (tertiary/aromatic N) is 3. The number of ether oxygens (including phenoxy) is 1. The lowest BCUT2D eigenvalue weighted by Gasteiger charge is -2.09. The Kier molecular flexibility index (Phi) is 5.16. The highest BCUT2D eigenvalue weighted by Gasteiger charge is 2.36. The van der Waals surface area contributed by atoms with Crippen molar-refractivity contribution in [2.45, 2.75) is 13.1 Å². The van der Waals surface area contributed by atoms with E-state index in [0.29, 0.717) is 5.76 Å². The number of para-hydroxylation sites is 1. The molecule has 0 bridgehead atoms. The molecule has 2 amide bonds. The number of hydrogen-bond acceptors (Lipinski definition) is 7. The number of carbonyl (C=O) groups is 3. The highest BCUT2D eigenvalue weighted by Crippen LogP contribution is 2.35. The highest BCUT2D eigenvalue weighted by molar-refractivity contribution is 8.18. The van der Waals surface area contributed by atoms with Crippen LogP contribution in [0.3, 0.4) is 0 Å². The van der Waals surface area contributed by atoms with E-state index >= 15 is 0 Å². The van der Waals surface area contributed by atoms with E-state index in [9.17, 15) is 14.4 Å². The third-order valence-corrected chi connectivity index (χ3v) is 5.49. The van der Waals surface area contributed by atoms with Gasteiger partial charge in [0.15, 0.2) is 0 Å². The lowest BCUT2D eigenvalue weighted by Crippen LogP contribution is -2.27. The van der Waals surface area contributed by atoms with Crippen LogP contribution in [0.4, 0.5) is 4.79 Å². The highest BCUT2D eigenvalue weighted by atomic mass is 32.2. The predicted molar refractivity (Wildman–Crippen MR) is 109 cm³/mol. The van der Waals surface area contributed by atoms with Crippen LogP contribution in [0.5, 0.6) is 0 Å². The molecule has 1 aliphatic heterocycles. The molecule has 0 saturated carbocycles. The second-order valence-electron chi connectivity index (χ2n) is 6.41. The molecule has 0 radical (unpaired) electrons. The maximum Gasteiger partial charge on any atom is 0.373 e. The van der Waals surface area contributed by atoms with Gasteiger partial charge in [-0.05, 0) is 36.0 Å². The third kappa shape index (κ3) is 3.49. The van der Waals surface area contributed by atoms with Gasteiger partial charge in [0.25, 0.3) is 11.1 Å². The Labute approximate surface area is 175 Å². The lowest BCUT2D eigenvalue weighted by molar-refractivity contribution is -0.123. The molecular formula is C21H15N3O5S. The first-order valence-electron chi connectivity index (χ1n) is 8.89. The van der Waals surface area contributed by atoms with Crippen LogP contribution in [0, 0.1) is 11.3 Å². The molecule has 3 aromatic rings. The van der Waals surface area contributed by atoms with Crippen molar-refractivity contribution in [3.8, 4) is 6.07 Å². The smallest absolute Gasteiger partial charge is 0.373 e. The van der Waals surface area contributed by atoms with Crippen molar-refractivity contribution in [2.24, 2.45) is 0 Å². The number of amides is 2. The van der Waals surface area contributed by atoms with Crippen molar-refractivity contribution in [3.05, 3.63) is 64.6 Å². The first-order valence-corrected chi connectivity index (χ1v) is 9.70. The van der Waals surface area contributed by atoms with Gasteiger partial charge in [0, 0.05) is 22.7 Å². The summed E-state index contributed by atoms with van der Waals surface area (Å²) in [5, 5.41) is 9.50. The molecule has 0 spiro atoms. The van der Waals surface area contributed by atoms with E-state index in [4.69, 9.17) is 9.68 Å². The van der Waals surface area contributed by atoms with Crippen LogP contribution in [0.2, 0.25) is 0 Å². The largest absolute Gasteiger partial charge is 0.463 e. The fourth-order valence-corrected chi connectivity index (χ4v) is 4.03. The molecule has 0 aliphatic carbocycles. The summed E-state index contributed by atoms with van der Waals surface area (Å²) < 4.78 is 11.7. The number of rotatable bonds is 5. The van der Waals surface area contributed by atoms with Gasteiger partial charge in [-0.25, -0.2) is 4.79 Å². The molecule has 4 rings (SSSR count). The first kappa shape index (κ1) is 19.5. The van der Waals surface area contributed by atoms with Gasteiger partial charge >= 0.3 is 5.97 Å². The van der Waals surface area contributed by atoms with E-state index in [2.05, 4.69) is 10.8 Å². The van der Waals surface area contributed by atoms with Gasteiger partial charge in [-0.15, -0.1) is 0 Å². The van der Waals surface area contributed by atoms with Crippen LogP contribution in [0.15, 0.2) is 51.9 Å². The summed E-state index contributed by atoms with van der Waals surface area (Å²) in [6, 6.07) is 12.6. The maximum atomic E-state index is 12.8. The minimum atomic E-state index is -0.635. The molecule has 1 aliphatic rings. The summed E-state index contributed by atoms with van der Waals surface area (Å²) >= 11 is 0.836. The van der Waals surface area contributed by atoms with E-state index in [1.54, 1.807) is 16.8 Å². The zero-order chi connectivity index (χ0) is 21.3. The molecule has 1 fully saturated rings. The first-order chi connectivity index (χ1) is 14.5. The summed E-state index contributed by atoms with van der Waals surface area (Å²) in [5.74, 6) is -0.785. The number of thioether (sulfide) groups is 1. The zero-order valence-corrected chi connectivity index (χ0v) is 16.6. The van der Waals surface area contributed by atoms with Crippen LogP contribution in [-0.2, 0) is 22.6 Å². The molecule has 30 heavy (non-hydrogen) atoms. The van der Waals surface area contributed by atoms with E-state index in [-0.39, 0.29) is 23.8 Å². The number of furan rings is 1. The summed E-state index contributed by atoms with van der Waals surface area (Å²) in [6.45, 7) is 0.0893. The van der Waals surface area contributed by atoms with Gasteiger partial charge in [0.2, 0.25) is 5.76 Å². The van der Waals surface area contributed by atoms with Gasteiger partial charge in [-0.3, -0.25) is 14.5 Å². The number of fused-ring (bicyclic) bond motifs is 1. The molecule has 3 heterocycles. The van der Waals surface area contributed by atoms with Gasteiger partial charge in [-0.2, -0.15) is 5.26 Å². The Morgan fingerprint density at radius 3 is 2.83 bits per heavy atom. The monoisotopic (exact) mass is 421 g/mol. The summed E-state index contributed by atoms with van der Waals surface area (Å²) in [4.78, 5) is 38.1. The summed E-state index contributed by atoms with van der Waals surface area (Å²) in [5.41, 5.74) is 1.62. The van der Waals surface area contributed by atoms with Crippen LogP contribution < -0.4 is 0 Å². The molecule has 0 N–H and O–H groups in total. The number of benzene rings is 1. The number of esters is 1. The topological polar surface area (TPSA) is 106 Å². The fraction of sp³-hybridized carbons (Fsp3) is 0.143. The number of aromatic nitrogens is 1. The maximum absolute atomic E-state index is 12.8.